The lowest BCUT2D eigenvalue weighted by Crippen LogP contribution is -2.23. The van der Waals surface area contributed by atoms with Crippen molar-refractivity contribution in [3.63, 3.8) is 0 Å². The van der Waals surface area contributed by atoms with Gasteiger partial charge in [0.25, 0.3) is 0 Å². The summed E-state index contributed by atoms with van der Waals surface area (Å²) in [6, 6.07) is 6.94. The molecule has 1 aliphatic rings. The van der Waals surface area contributed by atoms with E-state index >= 15 is 0 Å². The zero-order valence-corrected chi connectivity index (χ0v) is 9.95. The maximum Gasteiger partial charge on any atom is 0.163 e. The second-order valence-electron chi connectivity index (χ2n) is 4.68. The van der Waals surface area contributed by atoms with Crippen LogP contribution < -0.4 is 0 Å². The summed E-state index contributed by atoms with van der Waals surface area (Å²) in [5.41, 5.74) is 0.935. The predicted molar refractivity (Wildman–Crippen MR) is 66.0 cm³/mol. The van der Waals surface area contributed by atoms with Gasteiger partial charge in [-0.3, -0.25) is 0 Å². The molecule has 1 aromatic carbocycles. The second kappa shape index (κ2) is 4.42. The maximum absolute atomic E-state index is 9.30. The third kappa shape index (κ3) is 1.86. The Morgan fingerprint density at radius 2 is 2.00 bits per heavy atom. The molecule has 94 valence electrons. The number of aliphatic hydroxyl groups excluding tert-OH is 1. The Morgan fingerprint density at radius 1 is 1.22 bits per heavy atom. The van der Waals surface area contributed by atoms with Gasteiger partial charge < -0.3 is 14.8 Å². The molecule has 5 nitrogen and oxygen atoms in total. The molecular weight excluding hydrogens is 230 g/mol. The van der Waals surface area contributed by atoms with Gasteiger partial charge >= 0.3 is 0 Å². The third-order valence-corrected chi connectivity index (χ3v) is 3.43. The monoisotopic (exact) mass is 245 g/mol. The summed E-state index contributed by atoms with van der Waals surface area (Å²) in [5.74, 6) is 2.31. The summed E-state index contributed by atoms with van der Waals surface area (Å²) in [6.07, 6.45) is 1.82. The topological polar surface area (TPSA) is 71.2 Å². The number of aromatic hydroxyl groups is 1. The van der Waals surface area contributed by atoms with Crippen molar-refractivity contribution in [2.75, 3.05) is 6.61 Å². The summed E-state index contributed by atoms with van der Waals surface area (Å²) in [5, 5.41) is 27.0. The van der Waals surface area contributed by atoms with Gasteiger partial charge in [-0.2, -0.15) is 0 Å². The van der Waals surface area contributed by atoms with Crippen molar-refractivity contribution >= 4 is 0 Å². The Balaban J connectivity index is 1.99. The van der Waals surface area contributed by atoms with Crippen LogP contribution in [-0.4, -0.2) is 31.6 Å². The first-order valence-electron chi connectivity index (χ1n) is 6.10. The molecule has 0 aliphatic carbocycles. The number of aliphatic hydroxyl groups is 1. The summed E-state index contributed by atoms with van der Waals surface area (Å²) in [7, 11) is 0. The molecule has 0 bridgehead atoms. The highest BCUT2D eigenvalue weighted by atomic mass is 16.3. The predicted octanol–water partition coefficient (Wildman–Crippen LogP) is 1.21. The van der Waals surface area contributed by atoms with Gasteiger partial charge in [-0.25, -0.2) is 0 Å². The van der Waals surface area contributed by atoms with E-state index in [0.29, 0.717) is 0 Å². The van der Waals surface area contributed by atoms with Crippen molar-refractivity contribution in [2.24, 2.45) is 5.92 Å². The number of phenols is 1. The molecule has 0 amide bonds. The molecule has 1 aliphatic heterocycles. The molecule has 3 rings (SSSR count). The summed E-state index contributed by atoms with van der Waals surface area (Å²) >= 11 is 0. The van der Waals surface area contributed by atoms with E-state index in [-0.39, 0.29) is 18.3 Å². The average Bonchev–Trinajstić information content (AvgIpc) is 2.82. The molecular formula is C13H15N3O2. The lowest BCUT2D eigenvalue weighted by atomic mass is 10.00. The van der Waals surface area contributed by atoms with Crippen LogP contribution in [-0.2, 0) is 13.0 Å². The van der Waals surface area contributed by atoms with Crippen molar-refractivity contribution in [2.45, 2.75) is 19.4 Å². The third-order valence-electron chi connectivity index (χ3n) is 3.43. The highest BCUT2D eigenvalue weighted by molar-refractivity contribution is 5.56. The number of hydrogen-bond donors (Lipinski definition) is 2. The Kier molecular flexibility index (Phi) is 2.76. The molecule has 1 atom stereocenters. The van der Waals surface area contributed by atoms with Gasteiger partial charge in [0.2, 0.25) is 0 Å². The largest absolute Gasteiger partial charge is 0.508 e. The molecule has 1 unspecified atom stereocenters. The molecule has 18 heavy (non-hydrogen) atoms. The number of nitrogens with zero attached hydrogens (tertiary/aromatic N) is 3. The highest BCUT2D eigenvalue weighted by Gasteiger charge is 2.22. The van der Waals surface area contributed by atoms with Crippen LogP contribution in [0.3, 0.4) is 0 Å². The fraction of sp³-hybridized carbons (Fsp3) is 0.385. The minimum atomic E-state index is 0.201. The molecule has 1 aromatic heterocycles. The number of hydrogen-bond acceptors (Lipinski definition) is 4. The van der Waals surface area contributed by atoms with E-state index in [1.807, 2.05) is 12.1 Å². The van der Waals surface area contributed by atoms with Crippen molar-refractivity contribution in [1.82, 2.24) is 14.8 Å². The standard InChI is InChI=1S/C13H15N3O2/c17-8-9-1-6-12-14-15-13(16(12)7-9)10-2-4-11(18)5-3-10/h2-5,9,17-18H,1,6-8H2. The first-order valence-corrected chi connectivity index (χ1v) is 6.10. The second-order valence-corrected chi connectivity index (χ2v) is 4.68. The van der Waals surface area contributed by atoms with Crippen LogP contribution in [0.5, 0.6) is 5.75 Å². The fourth-order valence-corrected chi connectivity index (χ4v) is 2.37. The van der Waals surface area contributed by atoms with Crippen LogP contribution in [0.4, 0.5) is 0 Å². The van der Waals surface area contributed by atoms with Crippen molar-refractivity contribution in [1.29, 1.82) is 0 Å². The quantitative estimate of drug-likeness (QED) is 0.834. The first kappa shape index (κ1) is 11.2. The first-order chi connectivity index (χ1) is 8.78. The molecule has 0 radical (unpaired) electrons. The van der Waals surface area contributed by atoms with E-state index in [9.17, 15) is 10.2 Å². The Hall–Kier alpha value is -1.88. The highest BCUT2D eigenvalue weighted by Crippen LogP contribution is 2.26. The van der Waals surface area contributed by atoms with Gasteiger partial charge in [0.15, 0.2) is 5.82 Å². The van der Waals surface area contributed by atoms with Crippen LogP contribution in [0.15, 0.2) is 24.3 Å². The van der Waals surface area contributed by atoms with E-state index in [1.165, 1.54) is 0 Å². The van der Waals surface area contributed by atoms with Crippen LogP contribution in [0, 0.1) is 5.92 Å². The van der Waals surface area contributed by atoms with Gasteiger partial charge in [0, 0.05) is 31.1 Å². The van der Waals surface area contributed by atoms with E-state index in [1.54, 1.807) is 12.1 Å². The lowest BCUT2D eigenvalue weighted by molar-refractivity contribution is 0.191. The average molecular weight is 245 g/mol. The zero-order chi connectivity index (χ0) is 12.5. The van der Waals surface area contributed by atoms with E-state index in [2.05, 4.69) is 14.8 Å². The van der Waals surface area contributed by atoms with Crippen molar-refractivity contribution in [3.8, 4) is 17.1 Å². The maximum atomic E-state index is 9.30. The fourth-order valence-electron chi connectivity index (χ4n) is 2.37. The Morgan fingerprint density at radius 3 is 2.72 bits per heavy atom. The van der Waals surface area contributed by atoms with Crippen LogP contribution in [0.1, 0.15) is 12.2 Å². The van der Waals surface area contributed by atoms with Gasteiger partial charge in [-0.05, 0) is 30.7 Å². The minimum Gasteiger partial charge on any atom is -0.508 e. The number of aryl methyl sites for hydroxylation is 1. The number of fused-ring (bicyclic) bond motifs is 1. The van der Waals surface area contributed by atoms with Crippen LogP contribution in [0.2, 0.25) is 0 Å². The summed E-state index contributed by atoms with van der Waals surface area (Å²) in [6.45, 7) is 0.960. The molecule has 2 N–H and O–H groups in total. The number of rotatable bonds is 2. The Labute approximate surface area is 105 Å². The SMILES string of the molecule is OCC1CCc2nnc(-c3ccc(O)cc3)n2C1. The summed E-state index contributed by atoms with van der Waals surface area (Å²) in [4.78, 5) is 0. The van der Waals surface area contributed by atoms with Crippen LogP contribution >= 0.6 is 0 Å². The molecule has 5 heteroatoms. The molecule has 0 saturated carbocycles. The molecule has 2 aromatic rings. The van der Waals surface area contributed by atoms with Crippen molar-refractivity contribution < 1.29 is 10.2 Å². The van der Waals surface area contributed by atoms with E-state index in [4.69, 9.17) is 0 Å². The molecule has 0 fully saturated rings. The minimum absolute atomic E-state index is 0.201. The van der Waals surface area contributed by atoms with Gasteiger partial charge in [0.05, 0.1) is 0 Å². The number of phenolic OH excluding ortho intramolecular Hbond substituents is 1. The van der Waals surface area contributed by atoms with E-state index < -0.39 is 0 Å². The zero-order valence-electron chi connectivity index (χ0n) is 9.95. The number of aromatic nitrogens is 3. The lowest BCUT2D eigenvalue weighted by Gasteiger charge is -2.22. The number of benzene rings is 1. The van der Waals surface area contributed by atoms with Gasteiger partial charge in [-0.1, -0.05) is 0 Å². The smallest absolute Gasteiger partial charge is 0.163 e. The Bertz CT molecular complexity index is 548. The molecule has 0 spiro atoms. The summed E-state index contributed by atoms with van der Waals surface area (Å²) < 4.78 is 2.07. The molecule has 0 saturated heterocycles. The van der Waals surface area contributed by atoms with Crippen LogP contribution in [0.25, 0.3) is 11.4 Å². The van der Waals surface area contributed by atoms with E-state index in [0.717, 1.165) is 36.6 Å². The normalized spacial score (nSPS) is 18.6. The molecule has 2 heterocycles. The van der Waals surface area contributed by atoms with Crippen molar-refractivity contribution in [3.05, 3.63) is 30.1 Å². The van der Waals surface area contributed by atoms with Gasteiger partial charge in [0.1, 0.15) is 11.6 Å². The van der Waals surface area contributed by atoms with Gasteiger partial charge in [-0.15, -0.1) is 10.2 Å².